The second-order valence-electron chi connectivity index (χ2n) is 5.37. The summed E-state index contributed by atoms with van der Waals surface area (Å²) in [6.07, 6.45) is 2.45. The van der Waals surface area contributed by atoms with Crippen molar-refractivity contribution in [2.24, 2.45) is 0 Å². The molecule has 1 fully saturated rings. The Bertz CT molecular complexity index is 322. The van der Waals surface area contributed by atoms with Gasteiger partial charge in [-0.25, -0.2) is 4.79 Å². The average Bonchev–Trinajstić information content (AvgIpc) is 2.32. The van der Waals surface area contributed by atoms with E-state index in [2.05, 4.69) is 29.5 Å². The van der Waals surface area contributed by atoms with Gasteiger partial charge >= 0.3 is 12.0 Å². The van der Waals surface area contributed by atoms with Crippen LogP contribution in [-0.4, -0.2) is 53.7 Å². The van der Waals surface area contributed by atoms with Crippen LogP contribution in [0.5, 0.6) is 0 Å². The molecule has 3 unspecified atom stereocenters. The van der Waals surface area contributed by atoms with Gasteiger partial charge in [0.1, 0.15) is 0 Å². The number of nitrogens with zero attached hydrogens (tertiary/aromatic N) is 1. The molecule has 1 aliphatic heterocycles. The molecular weight excluding hydrogens is 246 g/mol. The molecule has 3 N–H and O–H groups in total. The van der Waals surface area contributed by atoms with Crippen LogP contribution in [-0.2, 0) is 4.79 Å². The molecule has 3 atom stereocenters. The molecule has 0 saturated carbocycles. The Morgan fingerprint density at radius 1 is 1.47 bits per heavy atom. The standard InChI is InChI=1S/C13H25N3O3/c1-4-10(8-12(17)18)14-13(19)15-11-5-6-16(3)9(2)7-11/h9-11H,4-8H2,1-3H3,(H,17,18)(H2,14,15,19). The van der Waals surface area contributed by atoms with Gasteiger partial charge in [0.15, 0.2) is 0 Å². The molecule has 110 valence electrons. The van der Waals surface area contributed by atoms with Crippen molar-refractivity contribution in [3.8, 4) is 0 Å². The minimum Gasteiger partial charge on any atom is -0.481 e. The van der Waals surface area contributed by atoms with Crippen molar-refractivity contribution in [1.82, 2.24) is 15.5 Å². The van der Waals surface area contributed by atoms with Crippen molar-refractivity contribution >= 4 is 12.0 Å². The SMILES string of the molecule is CCC(CC(=O)O)NC(=O)NC1CCN(C)C(C)C1. The number of amides is 2. The molecule has 2 amide bonds. The summed E-state index contributed by atoms with van der Waals surface area (Å²) in [6, 6.07) is 0.0737. The second-order valence-corrected chi connectivity index (χ2v) is 5.37. The predicted octanol–water partition coefficient (Wildman–Crippen LogP) is 1.02. The molecule has 0 bridgehead atoms. The predicted molar refractivity (Wildman–Crippen MR) is 73.1 cm³/mol. The first kappa shape index (κ1) is 15.8. The zero-order chi connectivity index (χ0) is 14.4. The number of rotatable bonds is 5. The average molecular weight is 271 g/mol. The summed E-state index contributed by atoms with van der Waals surface area (Å²) < 4.78 is 0. The molecule has 0 aliphatic carbocycles. The third-order valence-corrected chi connectivity index (χ3v) is 3.79. The third kappa shape index (κ3) is 5.46. The van der Waals surface area contributed by atoms with E-state index in [9.17, 15) is 9.59 Å². The molecule has 1 heterocycles. The number of hydrogen-bond donors (Lipinski definition) is 3. The number of hydrogen-bond acceptors (Lipinski definition) is 3. The molecular formula is C13H25N3O3. The van der Waals surface area contributed by atoms with Crippen LogP contribution in [0.4, 0.5) is 4.79 Å². The highest BCUT2D eigenvalue weighted by Gasteiger charge is 2.24. The number of carboxylic acid groups (broad SMARTS) is 1. The van der Waals surface area contributed by atoms with E-state index < -0.39 is 5.97 Å². The van der Waals surface area contributed by atoms with Crippen molar-refractivity contribution in [2.75, 3.05) is 13.6 Å². The Kier molecular flexibility index (Phi) is 6.08. The zero-order valence-electron chi connectivity index (χ0n) is 12.0. The minimum atomic E-state index is -0.889. The van der Waals surface area contributed by atoms with E-state index in [0.29, 0.717) is 12.5 Å². The van der Waals surface area contributed by atoms with E-state index in [1.165, 1.54) is 0 Å². The van der Waals surface area contributed by atoms with Crippen molar-refractivity contribution < 1.29 is 14.7 Å². The molecule has 1 saturated heterocycles. The fourth-order valence-corrected chi connectivity index (χ4v) is 2.34. The summed E-state index contributed by atoms with van der Waals surface area (Å²) in [4.78, 5) is 24.7. The van der Waals surface area contributed by atoms with Gasteiger partial charge in [0.25, 0.3) is 0 Å². The van der Waals surface area contributed by atoms with E-state index in [1.54, 1.807) is 0 Å². The maximum atomic E-state index is 11.8. The first-order chi connectivity index (χ1) is 8.92. The summed E-state index contributed by atoms with van der Waals surface area (Å²) in [5.41, 5.74) is 0. The number of likely N-dealkylation sites (tertiary alicyclic amines) is 1. The molecule has 0 radical (unpaired) electrons. The van der Waals surface area contributed by atoms with Crippen molar-refractivity contribution in [3.05, 3.63) is 0 Å². The number of urea groups is 1. The fraction of sp³-hybridized carbons (Fsp3) is 0.846. The molecule has 6 heteroatoms. The molecule has 19 heavy (non-hydrogen) atoms. The van der Waals surface area contributed by atoms with Crippen LogP contribution in [0.1, 0.15) is 39.5 Å². The molecule has 0 aromatic rings. The van der Waals surface area contributed by atoms with Crippen LogP contribution in [0.15, 0.2) is 0 Å². The largest absolute Gasteiger partial charge is 0.481 e. The van der Waals surface area contributed by atoms with Crippen LogP contribution < -0.4 is 10.6 Å². The Morgan fingerprint density at radius 3 is 2.68 bits per heavy atom. The maximum Gasteiger partial charge on any atom is 0.315 e. The third-order valence-electron chi connectivity index (χ3n) is 3.79. The van der Waals surface area contributed by atoms with E-state index in [1.807, 2.05) is 6.92 Å². The highest BCUT2D eigenvalue weighted by molar-refractivity contribution is 5.76. The molecule has 6 nitrogen and oxygen atoms in total. The highest BCUT2D eigenvalue weighted by Crippen LogP contribution is 2.15. The second kappa shape index (κ2) is 7.33. The van der Waals surface area contributed by atoms with Gasteiger partial charge in [-0.15, -0.1) is 0 Å². The van der Waals surface area contributed by atoms with Crippen LogP contribution in [0.3, 0.4) is 0 Å². The van der Waals surface area contributed by atoms with Gasteiger partial charge in [0, 0.05) is 24.7 Å². The van der Waals surface area contributed by atoms with Gasteiger partial charge in [-0.1, -0.05) is 6.92 Å². The Labute approximate surface area is 114 Å². The topological polar surface area (TPSA) is 81.7 Å². The summed E-state index contributed by atoms with van der Waals surface area (Å²) >= 11 is 0. The van der Waals surface area contributed by atoms with Gasteiger partial charge < -0.3 is 20.6 Å². The molecule has 0 aromatic heterocycles. The number of aliphatic carboxylic acids is 1. The molecule has 0 aromatic carbocycles. The van der Waals surface area contributed by atoms with Crippen molar-refractivity contribution in [3.63, 3.8) is 0 Å². The summed E-state index contributed by atoms with van der Waals surface area (Å²) in [7, 11) is 2.08. The lowest BCUT2D eigenvalue weighted by Crippen LogP contribution is -2.51. The molecule has 1 aliphatic rings. The van der Waals surface area contributed by atoms with Crippen LogP contribution in [0, 0.1) is 0 Å². The summed E-state index contributed by atoms with van der Waals surface area (Å²) in [5, 5.41) is 14.4. The lowest BCUT2D eigenvalue weighted by Gasteiger charge is -2.35. The molecule has 0 spiro atoms. The van der Waals surface area contributed by atoms with Crippen molar-refractivity contribution in [2.45, 2.75) is 57.7 Å². The summed E-state index contributed by atoms with van der Waals surface area (Å²) in [5.74, 6) is -0.889. The van der Waals surface area contributed by atoms with E-state index in [-0.39, 0.29) is 24.5 Å². The van der Waals surface area contributed by atoms with Gasteiger partial charge in [-0.2, -0.15) is 0 Å². The van der Waals surface area contributed by atoms with E-state index >= 15 is 0 Å². The first-order valence-electron chi connectivity index (χ1n) is 6.91. The number of carbonyl (C=O) groups excluding carboxylic acids is 1. The van der Waals surface area contributed by atoms with Crippen LogP contribution >= 0.6 is 0 Å². The lowest BCUT2D eigenvalue weighted by molar-refractivity contribution is -0.137. The Morgan fingerprint density at radius 2 is 2.16 bits per heavy atom. The quantitative estimate of drug-likeness (QED) is 0.697. The lowest BCUT2D eigenvalue weighted by atomic mass is 9.99. The minimum absolute atomic E-state index is 0.0340. The maximum absolute atomic E-state index is 11.8. The highest BCUT2D eigenvalue weighted by atomic mass is 16.4. The number of piperidine rings is 1. The smallest absolute Gasteiger partial charge is 0.315 e. The normalized spacial score (nSPS) is 25.6. The van der Waals surface area contributed by atoms with E-state index in [0.717, 1.165) is 19.4 Å². The monoisotopic (exact) mass is 271 g/mol. The molecule has 1 rings (SSSR count). The van der Waals surface area contributed by atoms with Gasteiger partial charge in [0.05, 0.1) is 6.42 Å². The van der Waals surface area contributed by atoms with E-state index in [4.69, 9.17) is 5.11 Å². The number of carbonyl (C=O) groups is 2. The van der Waals surface area contributed by atoms with Crippen LogP contribution in [0.25, 0.3) is 0 Å². The van der Waals surface area contributed by atoms with Gasteiger partial charge in [-0.3, -0.25) is 4.79 Å². The van der Waals surface area contributed by atoms with Gasteiger partial charge in [-0.05, 0) is 33.2 Å². The van der Waals surface area contributed by atoms with Crippen molar-refractivity contribution in [1.29, 1.82) is 0 Å². The zero-order valence-corrected chi connectivity index (χ0v) is 12.0. The first-order valence-corrected chi connectivity index (χ1v) is 6.91. The Balaban J connectivity index is 2.36. The summed E-state index contributed by atoms with van der Waals surface area (Å²) in [6.45, 7) is 4.98. The fourth-order valence-electron chi connectivity index (χ4n) is 2.34. The van der Waals surface area contributed by atoms with Crippen LogP contribution in [0.2, 0.25) is 0 Å². The Hall–Kier alpha value is -1.30. The number of nitrogens with one attached hydrogen (secondary N) is 2. The number of carboxylic acids is 1. The van der Waals surface area contributed by atoms with Gasteiger partial charge in [0.2, 0.25) is 0 Å².